The van der Waals surface area contributed by atoms with Gasteiger partial charge in [0.05, 0.1) is 13.2 Å². The summed E-state index contributed by atoms with van der Waals surface area (Å²) in [4.78, 5) is 7.58. The largest absolute Gasteiger partial charge is 0.381 e. The SMILES string of the molecule is CCNC(=NCCNS(=O)(=O)c1ccc(C)s1)N(C)CC1CCOC1.I. The van der Waals surface area contributed by atoms with Crippen LogP contribution in [0.3, 0.4) is 0 Å². The fraction of sp³-hybridized carbons (Fsp3) is 0.688. The molecule has 0 aliphatic carbocycles. The van der Waals surface area contributed by atoms with Gasteiger partial charge in [-0.1, -0.05) is 0 Å². The summed E-state index contributed by atoms with van der Waals surface area (Å²) in [6, 6.07) is 3.44. The van der Waals surface area contributed by atoms with E-state index in [4.69, 9.17) is 4.74 Å². The molecule has 0 saturated carbocycles. The first-order chi connectivity index (χ1) is 11.9. The Hall–Kier alpha value is -0.430. The van der Waals surface area contributed by atoms with Crippen molar-refractivity contribution in [1.82, 2.24) is 14.9 Å². The molecule has 7 nitrogen and oxygen atoms in total. The van der Waals surface area contributed by atoms with Crippen LogP contribution in [0.1, 0.15) is 18.2 Å². The zero-order chi connectivity index (χ0) is 18.3. The van der Waals surface area contributed by atoms with Crippen LogP contribution in [-0.2, 0) is 14.8 Å². The van der Waals surface area contributed by atoms with E-state index in [0.717, 1.165) is 43.6 Å². The summed E-state index contributed by atoms with van der Waals surface area (Å²) in [6.45, 7) is 7.84. The van der Waals surface area contributed by atoms with Gasteiger partial charge in [-0.3, -0.25) is 4.99 Å². The lowest BCUT2D eigenvalue weighted by Gasteiger charge is -2.24. The number of aliphatic imine (C=N–C) groups is 1. The van der Waals surface area contributed by atoms with Crippen LogP contribution in [0.25, 0.3) is 0 Å². The number of nitrogens with zero attached hydrogens (tertiary/aromatic N) is 2. The van der Waals surface area contributed by atoms with Crippen LogP contribution in [-0.4, -0.2) is 65.7 Å². The molecule has 0 amide bonds. The van der Waals surface area contributed by atoms with E-state index in [1.54, 1.807) is 6.07 Å². The van der Waals surface area contributed by atoms with E-state index in [-0.39, 0.29) is 30.5 Å². The molecule has 2 rings (SSSR count). The van der Waals surface area contributed by atoms with E-state index in [9.17, 15) is 8.42 Å². The molecule has 0 spiro atoms. The van der Waals surface area contributed by atoms with Gasteiger partial charge in [0, 0.05) is 44.1 Å². The van der Waals surface area contributed by atoms with E-state index >= 15 is 0 Å². The molecule has 0 bridgehead atoms. The van der Waals surface area contributed by atoms with Gasteiger partial charge in [-0.25, -0.2) is 13.1 Å². The summed E-state index contributed by atoms with van der Waals surface area (Å²) in [5.74, 6) is 1.31. The number of aryl methyl sites for hydroxylation is 1. The van der Waals surface area contributed by atoms with Crippen LogP contribution < -0.4 is 10.0 Å². The van der Waals surface area contributed by atoms with Crippen molar-refractivity contribution in [3.8, 4) is 0 Å². The molecule has 1 aromatic heterocycles. The maximum absolute atomic E-state index is 12.2. The second-order valence-corrected chi connectivity index (χ2v) is 9.39. The first-order valence-corrected chi connectivity index (χ1v) is 10.9. The molecule has 150 valence electrons. The average Bonchev–Trinajstić information content (AvgIpc) is 3.22. The van der Waals surface area contributed by atoms with Crippen LogP contribution in [0.4, 0.5) is 0 Å². The van der Waals surface area contributed by atoms with Crippen LogP contribution in [0.5, 0.6) is 0 Å². The first-order valence-electron chi connectivity index (χ1n) is 8.55. The van der Waals surface area contributed by atoms with Gasteiger partial charge < -0.3 is 15.0 Å². The molecule has 26 heavy (non-hydrogen) atoms. The lowest BCUT2D eigenvalue weighted by atomic mass is 10.1. The Labute approximate surface area is 177 Å². The standard InChI is InChI=1S/C16H28N4O3S2.HI/c1-4-17-16(20(3)11-14-7-10-23-12-14)18-8-9-19-25(21,22)15-6-5-13(2)24-15;/h5-6,14,19H,4,7-12H2,1-3H3,(H,17,18);1H. The van der Waals surface area contributed by atoms with E-state index in [2.05, 4.69) is 19.9 Å². The molecule has 1 atom stereocenters. The molecule has 1 aliphatic rings. The minimum absolute atomic E-state index is 0. The van der Waals surface area contributed by atoms with E-state index < -0.39 is 10.0 Å². The van der Waals surface area contributed by atoms with Crippen LogP contribution in [0.2, 0.25) is 0 Å². The predicted molar refractivity (Wildman–Crippen MR) is 117 cm³/mol. The molecule has 1 aromatic rings. The monoisotopic (exact) mass is 516 g/mol. The van der Waals surface area contributed by atoms with Gasteiger partial charge in [0.25, 0.3) is 0 Å². The Bertz CT molecular complexity index is 673. The summed E-state index contributed by atoms with van der Waals surface area (Å²) in [6.07, 6.45) is 1.07. The third kappa shape index (κ3) is 7.29. The lowest BCUT2D eigenvalue weighted by Crippen LogP contribution is -2.42. The van der Waals surface area contributed by atoms with Gasteiger partial charge in [0.15, 0.2) is 5.96 Å². The van der Waals surface area contributed by atoms with E-state index in [1.165, 1.54) is 11.3 Å². The maximum Gasteiger partial charge on any atom is 0.250 e. The van der Waals surface area contributed by atoms with Gasteiger partial charge in [-0.2, -0.15) is 0 Å². The quantitative estimate of drug-likeness (QED) is 0.239. The average molecular weight is 516 g/mol. The number of sulfonamides is 1. The number of hydrogen-bond donors (Lipinski definition) is 2. The Morgan fingerprint density at radius 1 is 1.46 bits per heavy atom. The Morgan fingerprint density at radius 3 is 2.81 bits per heavy atom. The van der Waals surface area contributed by atoms with E-state index in [1.807, 2.05) is 27.0 Å². The van der Waals surface area contributed by atoms with Gasteiger partial charge >= 0.3 is 0 Å². The highest BCUT2D eigenvalue weighted by atomic mass is 127. The first kappa shape index (κ1) is 23.6. The molecule has 10 heteroatoms. The number of hydrogen-bond acceptors (Lipinski definition) is 5. The van der Waals surface area contributed by atoms with Crippen molar-refractivity contribution < 1.29 is 13.2 Å². The number of thiophene rings is 1. The van der Waals surface area contributed by atoms with Crippen molar-refractivity contribution in [1.29, 1.82) is 0 Å². The van der Waals surface area contributed by atoms with Crippen LogP contribution >= 0.6 is 35.3 Å². The van der Waals surface area contributed by atoms with Crippen LogP contribution in [0, 0.1) is 12.8 Å². The molecule has 1 fully saturated rings. The lowest BCUT2D eigenvalue weighted by molar-refractivity contribution is 0.181. The third-order valence-electron chi connectivity index (χ3n) is 3.90. The molecule has 1 saturated heterocycles. The molecule has 1 aliphatic heterocycles. The summed E-state index contributed by atoms with van der Waals surface area (Å²) in [5.41, 5.74) is 0. The predicted octanol–water partition coefficient (Wildman–Crippen LogP) is 1.89. The summed E-state index contributed by atoms with van der Waals surface area (Å²) >= 11 is 1.27. The Balaban J connectivity index is 0.00000338. The highest BCUT2D eigenvalue weighted by molar-refractivity contribution is 14.0. The minimum Gasteiger partial charge on any atom is -0.381 e. The third-order valence-corrected chi connectivity index (χ3v) is 6.85. The molecule has 0 radical (unpaired) electrons. The highest BCUT2D eigenvalue weighted by Gasteiger charge is 2.19. The number of halogens is 1. The fourth-order valence-electron chi connectivity index (χ4n) is 2.64. The van der Waals surface area contributed by atoms with Gasteiger partial charge in [-0.05, 0) is 32.4 Å². The molecule has 2 N–H and O–H groups in total. The maximum atomic E-state index is 12.2. The Kier molecular flexibility index (Phi) is 10.4. The molecule has 2 heterocycles. The van der Waals surface area contributed by atoms with Crippen molar-refractivity contribution in [2.45, 2.75) is 24.5 Å². The van der Waals surface area contributed by atoms with Crippen molar-refractivity contribution in [3.05, 3.63) is 17.0 Å². The molecular formula is C16H29IN4O3S2. The fourth-order valence-corrected chi connectivity index (χ4v) is 4.99. The van der Waals surface area contributed by atoms with Gasteiger partial charge in [-0.15, -0.1) is 35.3 Å². The zero-order valence-electron chi connectivity index (χ0n) is 15.5. The summed E-state index contributed by atoms with van der Waals surface area (Å²) < 4.78 is 32.8. The topological polar surface area (TPSA) is 83.0 Å². The Morgan fingerprint density at radius 2 is 2.23 bits per heavy atom. The molecule has 0 aromatic carbocycles. The number of guanidine groups is 1. The van der Waals surface area contributed by atoms with E-state index in [0.29, 0.717) is 16.7 Å². The zero-order valence-corrected chi connectivity index (χ0v) is 19.5. The van der Waals surface area contributed by atoms with Crippen molar-refractivity contribution >= 4 is 51.3 Å². The highest BCUT2D eigenvalue weighted by Crippen LogP contribution is 2.20. The van der Waals surface area contributed by atoms with Gasteiger partial charge in [0.1, 0.15) is 4.21 Å². The van der Waals surface area contributed by atoms with Crippen LogP contribution in [0.15, 0.2) is 21.3 Å². The molecule has 1 unspecified atom stereocenters. The van der Waals surface area contributed by atoms with Crippen molar-refractivity contribution in [3.63, 3.8) is 0 Å². The van der Waals surface area contributed by atoms with Gasteiger partial charge in [0.2, 0.25) is 10.0 Å². The number of ether oxygens (including phenoxy) is 1. The minimum atomic E-state index is -3.44. The second-order valence-electron chi connectivity index (χ2n) is 6.11. The second kappa shape index (κ2) is 11.4. The normalized spacial score (nSPS) is 17.8. The number of rotatable bonds is 8. The summed E-state index contributed by atoms with van der Waals surface area (Å²) in [5, 5.41) is 3.25. The van der Waals surface area contributed by atoms with Crippen molar-refractivity contribution in [2.75, 3.05) is 46.4 Å². The smallest absolute Gasteiger partial charge is 0.250 e. The molecular weight excluding hydrogens is 487 g/mol. The summed E-state index contributed by atoms with van der Waals surface area (Å²) in [7, 11) is -1.44. The van der Waals surface area contributed by atoms with Crippen molar-refractivity contribution in [2.24, 2.45) is 10.9 Å². The number of nitrogens with one attached hydrogen (secondary N) is 2.